The Morgan fingerprint density at radius 1 is 0.431 bits per heavy atom. The van der Waals surface area contributed by atoms with E-state index in [0.29, 0.717) is 0 Å². The van der Waals surface area contributed by atoms with Gasteiger partial charge in [0.2, 0.25) is 0 Å². The molecule has 2 aromatic heterocycles. The van der Waals surface area contributed by atoms with Gasteiger partial charge in [-0.15, -0.1) is 0 Å². The molecule has 0 aliphatic carbocycles. The highest BCUT2D eigenvalue weighted by molar-refractivity contribution is 6.09. The highest BCUT2D eigenvalue weighted by atomic mass is 16.3. The van der Waals surface area contributed by atoms with E-state index in [9.17, 15) is 0 Å². The van der Waals surface area contributed by atoms with Gasteiger partial charge in [0.05, 0.1) is 0 Å². The molecular weight excluding hydrogens is 621 g/mol. The Hall–Kier alpha value is -6.64. The molecule has 0 radical (unpaired) electrons. The van der Waals surface area contributed by atoms with E-state index < -0.39 is 0 Å². The first-order valence-electron chi connectivity index (χ1n) is 17.3. The fourth-order valence-electron chi connectivity index (χ4n) is 7.14. The van der Waals surface area contributed by atoms with Gasteiger partial charge in [-0.05, 0) is 123 Å². The molecule has 9 rings (SSSR count). The first-order chi connectivity index (χ1) is 25.1. The summed E-state index contributed by atoms with van der Waals surface area (Å²) >= 11 is 0. The summed E-state index contributed by atoms with van der Waals surface area (Å²) in [4.78, 5) is 0. The lowest BCUT2D eigenvalue weighted by Crippen LogP contribution is -1.84. The molecule has 0 bridgehead atoms. The van der Waals surface area contributed by atoms with E-state index in [4.69, 9.17) is 8.83 Å². The molecule has 2 heterocycles. The van der Waals surface area contributed by atoms with Crippen molar-refractivity contribution in [3.8, 4) is 44.5 Å². The fourth-order valence-corrected chi connectivity index (χ4v) is 7.14. The van der Waals surface area contributed by atoms with Crippen molar-refractivity contribution >= 4 is 49.5 Å². The molecule has 51 heavy (non-hydrogen) atoms. The Balaban J connectivity index is 1.08. The Morgan fingerprint density at radius 2 is 0.843 bits per heavy atom. The molecule has 2 nitrogen and oxygen atoms in total. The summed E-state index contributed by atoms with van der Waals surface area (Å²) in [5.74, 6) is 0. The van der Waals surface area contributed by atoms with Crippen LogP contribution >= 0.6 is 0 Å². The molecule has 9 aromatic rings. The van der Waals surface area contributed by atoms with Crippen molar-refractivity contribution in [3.05, 3.63) is 188 Å². The molecule has 0 saturated carbocycles. The highest BCUT2D eigenvalue weighted by Gasteiger charge is 2.13. The molecule has 0 unspecified atom stereocenters. The van der Waals surface area contributed by atoms with E-state index in [1.54, 1.807) is 0 Å². The lowest BCUT2D eigenvalue weighted by atomic mass is 9.96. The lowest BCUT2D eigenvalue weighted by Gasteiger charge is -2.08. The van der Waals surface area contributed by atoms with Gasteiger partial charge < -0.3 is 8.83 Å². The minimum Gasteiger partial charge on any atom is -0.456 e. The first kappa shape index (κ1) is 30.4. The molecule has 7 aromatic carbocycles. The Labute approximate surface area is 296 Å². The second-order valence-corrected chi connectivity index (χ2v) is 12.9. The summed E-state index contributed by atoms with van der Waals surface area (Å²) in [6.45, 7) is 6.05. The zero-order valence-electron chi connectivity index (χ0n) is 28.3. The van der Waals surface area contributed by atoms with E-state index in [2.05, 4.69) is 158 Å². The molecule has 242 valence electrons. The maximum atomic E-state index is 6.32. The smallest absolute Gasteiger partial charge is 0.135 e. The molecule has 0 aliphatic rings. The monoisotopic (exact) mass is 654 g/mol. The van der Waals surface area contributed by atoms with Crippen LogP contribution in [0.15, 0.2) is 191 Å². The summed E-state index contributed by atoms with van der Waals surface area (Å²) in [5.41, 5.74) is 15.1. The molecule has 2 heteroatoms. The maximum Gasteiger partial charge on any atom is 0.135 e. The van der Waals surface area contributed by atoms with Gasteiger partial charge in [0.15, 0.2) is 0 Å². The quantitative estimate of drug-likeness (QED) is 0.160. The predicted molar refractivity (Wildman–Crippen MR) is 216 cm³/mol. The molecule has 0 saturated heterocycles. The standard InChI is InChI=1S/C49H34O2/c1-3-5-11-32(4-2)34-14-9-15-35(26-34)39-19-23-48-44(29-39)45-31-41(21-25-49(45)51-48)37-17-10-16-36(27-37)40-20-24-47-43(30-40)42-28-38(18-22-46(42)50-47)33-12-7-6-8-13-33/h3-31H,2H2,1H3/b5-3-,32-11+. The van der Waals surface area contributed by atoms with E-state index >= 15 is 0 Å². The maximum absolute atomic E-state index is 6.32. The van der Waals surface area contributed by atoms with Crippen LogP contribution in [-0.2, 0) is 0 Å². The molecule has 0 fully saturated rings. The van der Waals surface area contributed by atoms with Crippen molar-refractivity contribution < 1.29 is 8.83 Å². The van der Waals surface area contributed by atoms with Gasteiger partial charge in [-0.3, -0.25) is 0 Å². The van der Waals surface area contributed by atoms with Crippen LogP contribution < -0.4 is 0 Å². The molecule has 0 spiro atoms. The third-order valence-electron chi connectivity index (χ3n) is 9.79. The number of allylic oxidation sites excluding steroid dienone is 5. The van der Waals surface area contributed by atoms with Crippen LogP contribution in [0.2, 0.25) is 0 Å². The molecule has 0 N–H and O–H groups in total. The minimum absolute atomic E-state index is 0.881. The van der Waals surface area contributed by atoms with Gasteiger partial charge >= 0.3 is 0 Å². The van der Waals surface area contributed by atoms with Crippen LogP contribution in [0.5, 0.6) is 0 Å². The average Bonchev–Trinajstić information content (AvgIpc) is 3.75. The van der Waals surface area contributed by atoms with Crippen molar-refractivity contribution in [2.75, 3.05) is 0 Å². The van der Waals surface area contributed by atoms with Gasteiger partial charge in [0.1, 0.15) is 22.3 Å². The molecule has 0 amide bonds. The Bertz CT molecular complexity index is 2820. The lowest BCUT2D eigenvalue weighted by molar-refractivity contribution is 0.668. The van der Waals surface area contributed by atoms with E-state index in [0.717, 1.165) is 88.4 Å². The second kappa shape index (κ2) is 12.7. The van der Waals surface area contributed by atoms with Crippen LogP contribution in [0, 0.1) is 0 Å². The number of fused-ring (bicyclic) bond motifs is 6. The van der Waals surface area contributed by atoms with Gasteiger partial charge in [-0.2, -0.15) is 0 Å². The van der Waals surface area contributed by atoms with Crippen molar-refractivity contribution in [3.63, 3.8) is 0 Å². The van der Waals surface area contributed by atoms with Crippen molar-refractivity contribution in [2.24, 2.45) is 0 Å². The minimum atomic E-state index is 0.881. The largest absolute Gasteiger partial charge is 0.456 e. The van der Waals surface area contributed by atoms with Crippen LogP contribution in [0.3, 0.4) is 0 Å². The van der Waals surface area contributed by atoms with Gasteiger partial charge in [0, 0.05) is 21.5 Å². The SMILES string of the molecule is C=C/C(=C\C=C/C)c1cccc(-c2ccc3oc4ccc(-c5cccc(-c6ccc7oc8ccc(-c9ccccc9)cc8c7c6)c5)cc4c3c2)c1. The highest BCUT2D eigenvalue weighted by Crippen LogP contribution is 2.38. The second-order valence-electron chi connectivity index (χ2n) is 12.9. The van der Waals surface area contributed by atoms with Gasteiger partial charge in [-0.25, -0.2) is 0 Å². The Kier molecular flexibility index (Phi) is 7.56. The zero-order valence-corrected chi connectivity index (χ0v) is 28.3. The predicted octanol–water partition coefficient (Wildman–Crippen LogP) is 14.3. The Morgan fingerprint density at radius 3 is 1.31 bits per heavy atom. The van der Waals surface area contributed by atoms with Crippen LogP contribution in [0.25, 0.3) is 94.0 Å². The summed E-state index contributed by atoms with van der Waals surface area (Å²) in [6.07, 6.45) is 8.07. The average molecular weight is 655 g/mol. The number of furan rings is 2. The molecule has 0 aliphatic heterocycles. The third kappa shape index (κ3) is 5.57. The number of rotatable bonds is 7. The number of hydrogen-bond acceptors (Lipinski definition) is 2. The van der Waals surface area contributed by atoms with Crippen molar-refractivity contribution in [1.29, 1.82) is 0 Å². The van der Waals surface area contributed by atoms with Gasteiger partial charge in [0.25, 0.3) is 0 Å². The van der Waals surface area contributed by atoms with E-state index in [1.165, 1.54) is 11.1 Å². The first-order valence-corrected chi connectivity index (χ1v) is 17.3. The third-order valence-corrected chi connectivity index (χ3v) is 9.79. The number of hydrogen-bond donors (Lipinski definition) is 0. The summed E-state index contributed by atoms with van der Waals surface area (Å²) < 4.78 is 12.6. The summed E-state index contributed by atoms with van der Waals surface area (Å²) in [5, 5.41) is 4.45. The molecular formula is C49H34O2. The van der Waals surface area contributed by atoms with Crippen LogP contribution in [0.1, 0.15) is 12.5 Å². The van der Waals surface area contributed by atoms with Crippen molar-refractivity contribution in [1.82, 2.24) is 0 Å². The molecule has 0 atom stereocenters. The number of benzene rings is 7. The van der Waals surface area contributed by atoms with Crippen molar-refractivity contribution in [2.45, 2.75) is 6.92 Å². The van der Waals surface area contributed by atoms with Crippen LogP contribution in [0.4, 0.5) is 0 Å². The fraction of sp³-hybridized carbons (Fsp3) is 0.0204. The topological polar surface area (TPSA) is 26.3 Å². The zero-order chi connectivity index (χ0) is 34.3. The van der Waals surface area contributed by atoms with Crippen LogP contribution in [-0.4, -0.2) is 0 Å². The normalized spacial score (nSPS) is 12.1. The van der Waals surface area contributed by atoms with E-state index in [1.807, 2.05) is 31.2 Å². The summed E-state index contributed by atoms with van der Waals surface area (Å²) in [6, 6.07) is 53.8. The summed E-state index contributed by atoms with van der Waals surface area (Å²) in [7, 11) is 0. The van der Waals surface area contributed by atoms with Gasteiger partial charge in [-0.1, -0.05) is 122 Å². The van der Waals surface area contributed by atoms with E-state index in [-0.39, 0.29) is 0 Å².